The lowest BCUT2D eigenvalue weighted by Crippen LogP contribution is -2.39. The molecule has 2 aliphatic rings. The predicted molar refractivity (Wildman–Crippen MR) is 93.3 cm³/mol. The molecule has 3 unspecified atom stereocenters. The average molecular weight is 385 g/mol. The van der Waals surface area contributed by atoms with E-state index in [1.165, 1.54) is 11.1 Å². The van der Waals surface area contributed by atoms with E-state index in [1.54, 1.807) is 24.3 Å². The van der Waals surface area contributed by atoms with Crippen molar-refractivity contribution in [3.05, 3.63) is 51.1 Å². The van der Waals surface area contributed by atoms with E-state index < -0.39 is 6.03 Å². The van der Waals surface area contributed by atoms with Crippen LogP contribution in [0.4, 0.5) is 10.6 Å². The van der Waals surface area contributed by atoms with Crippen molar-refractivity contribution >= 4 is 46.7 Å². The Morgan fingerprint density at radius 2 is 1.96 bits per heavy atom. The van der Waals surface area contributed by atoms with Crippen molar-refractivity contribution in [2.45, 2.75) is 12.0 Å². The monoisotopic (exact) mass is 383 g/mol. The van der Waals surface area contributed by atoms with Crippen LogP contribution in [0.2, 0.25) is 15.1 Å². The zero-order valence-corrected chi connectivity index (χ0v) is 14.5. The van der Waals surface area contributed by atoms with Gasteiger partial charge in [-0.3, -0.25) is 4.90 Å². The van der Waals surface area contributed by atoms with E-state index in [0.29, 0.717) is 33.2 Å². The van der Waals surface area contributed by atoms with Crippen molar-refractivity contribution in [1.82, 2.24) is 4.98 Å². The van der Waals surface area contributed by atoms with Crippen molar-refractivity contribution in [1.29, 1.82) is 0 Å². The van der Waals surface area contributed by atoms with Gasteiger partial charge in [-0.1, -0.05) is 34.8 Å². The highest BCUT2D eigenvalue weighted by atomic mass is 35.5. The summed E-state index contributed by atoms with van der Waals surface area (Å²) in [5.74, 6) is 1.15. The lowest BCUT2D eigenvalue weighted by atomic mass is 10.1. The fourth-order valence-corrected chi connectivity index (χ4v) is 4.01. The molecule has 0 spiro atoms. The van der Waals surface area contributed by atoms with Gasteiger partial charge in [-0.2, -0.15) is 0 Å². The molecule has 2 aromatic rings. The summed E-state index contributed by atoms with van der Waals surface area (Å²) in [6.07, 6.45) is 1.48. The Kier molecular flexibility index (Phi) is 3.75. The first-order chi connectivity index (χ1) is 11.5. The van der Waals surface area contributed by atoms with Gasteiger partial charge in [0.2, 0.25) is 0 Å². The summed E-state index contributed by atoms with van der Waals surface area (Å²) in [5, 5.41) is 1.56. The minimum absolute atomic E-state index is 0.0185. The van der Waals surface area contributed by atoms with Crippen molar-refractivity contribution in [2.75, 3.05) is 11.5 Å². The van der Waals surface area contributed by atoms with Crippen LogP contribution in [0.15, 0.2) is 30.5 Å². The quantitative estimate of drug-likeness (QED) is 0.847. The summed E-state index contributed by atoms with van der Waals surface area (Å²) in [6, 6.07) is 6.02. The number of primary amides is 1. The van der Waals surface area contributed by atoms with E-state index in [1.807, 2.05) is 0 Å². The van der Waals surface area contributed by atoms with E-state index in [0.717, 1.165) is 5.56 Å². The maximum absolute atomic E-state index is 12.0. The Bertz CT molecular complexity index is 828. The number of amides is 2. The van der Waals surface area contributed by atoms with E-state index in [4.69, 9.17) is 45.3 Å². The number of halogens is 3. The third-order valence-corrected chi connectivity index (χ3v) is 5.32. The van der Waals surface area contributed by atoms with Crippen molar-refractivity contribution < 1.29 is 9.53 Å². The number of carbonyl (C=O) groups excluding carboxylic acids is 1. The standard InChI is InChI=1S/C16H12Cl3N3O2/c17-7-1-4-11(21-5-7)22(16(20)23)14-8-6-24-15-10(19)3-2-9(18)13(15)12(8)14/h1-5,8,12,14H,6H2,(H2,20,23). The van der Waals surface area contributed by atoms with E-state index in [-0.39, 0.29) is 17.9 Å². The minimum Gasteiger partial charge on any atom is -0.491 e. The van der Waals surface area contributed by atoms with Crippen molar-refractivity contribution in [3.8, 4) is 5.75 Å². The van der Waals surface area contributed by atoms with E-state index >= 15 is 0 Å². The van der Waals surface area contributed by atoms with Gasteiger partial charge in [0.05, 0.1) is 22.7 Å². The van der Waals surface area contributed by atoms with Crippen LogP contribution in [0.1, 0.15) is 11.5 Å². The van der Waals surface area contributed by atoms with Crippen LogP contribution in [-0.4, -0.2) is 23.7 Å². The summed E-state index contributed by atoms with van der Waals surface area (Å²) in [7, 11) is 0. The molecule has 5 nitrogen and oxygen atoms in total. The lowest BCUT2D eigenvalue weighted by Gasteiger charge is -2.20. The van der Waals surface area contributed by atoms with E-state index in [2.05, 4.69) is 4.98 Å². The third kappa shape index (κ3) is 2.39. The van der Waals surface area contributed by atoms with Gasteiger partial charge in [0.1, 0.15) is 11.6 Å². The van der Waals surface area contributed by atoms with Crippen molar-refractivity contribution in [3.63, 3.8) is 0 Å². The Labute approximate surface area is 153 Å². The Morgan fingerprint density at radius 3 is 2.62 bits per heavy atom. The Hall–Kier alpha value is -1.69. The van der Waals surface area contributed by atoms with Gasteiger partial charge >= 0.3 is 6.03 Å². The minimum atomic E-state index is -0.580. The summed E-state index contributed by atoms with van der Waals surface area (Å²) in [6.45, 7) is 0.444. The molecule has 1 aliphatic carbocycles. The Morgan fingerprint density at radius 1 is 1.21 bits per heavy atom. The molecule has 1 saturated carbocycles. The van der Waals surface area contributed by atoms with Crippen LogP contribution in [0.25, 0.3) is 0 Å². The number of anilines is 1. The highest BCUT2D eigenvalue weighted by Gasteiger charge is 2.60. The first-order valence-corrected chi connectivity index (χ1v) is 8.43. The molecule has 2 N–H and O–H groups in total. The topological polar surface area (TPSA) is 68.5 Å². The van der Waals surface area contributed by atoms with Crippen molar-refractivity contribution in [2.24, 2.45) is 11.7 Å². The molecule has 24 heavy (non-hydrogen) atoms. The predicted octanol–water partition coefficient (Wildman–Crippen LogP) is 4.10. The maximum atomic E-state index is 12.0. The largest absolute Gasteiger partial charge is 0.491 e. The lowest BCUT2D eigenvalue weighted by molar-refractivity contribution is 0.252. The van der Waals surface area contributed by atoms with Gasteiger partial charge in [0, 0.05) is 28.6 Å². The number of nitrogens with two attached hydrogens (primary N) is 1. The number of benzene rings is 1. The molecular weight excluding hydrogens is 373 g/mol. The average Bonchev–Trinajstić information content (AvgIpc) is 3.26. The zero-order valence-electron chi connectivity index (χ0n) is 12.2. The molecule has 2 heterocycles. The van der Waals surface area contributed by atoms with Gasteiger partial charge in [-0.15, -0.1) is 0 Å². The fourth-order valence-electron chi connectivity index (χ4n) is 3.40. The molecule has 1 aromatic carbocycles. The van der Waals surface area contributed by atoms with Gasteiger partial charge in [0.15, 0.2) is 0 Å². The zero-order chi connectivity index (χ0) is 17.0. The number of ether oxygens (including phenoxy) is 1. The first kappa shape index (κ1) is 15.8. The van der Waals surface area contributed by atoms with Gasteiger partial charge in [-0.05, 0) is 24.3 Å². The second-order valence-corrected chi connectivity index (χ2v) is 7.06. The summed E-state index contributed by atoms with van der Waals surface area (Å²) >= 11 is 18.4. The number of urea groups is 1. The molecule has 0 bridgehead atoms. The molecule has 0 saturated heterocycles. The highest BCUT2D eigenvalue weighted by molar-refractivity contribution is 6.35. The number of pyridine rings is 1. The van der Waals surface area contributed by atoms with Crippen LogP contribution >= 0.6 is 34.8 Å². The van der Waals surface area contributed by atoms with Gasteiger partial charge < -0.3 is 10.5 Å². The molecule has 1 aromatic heterocycles. The van der Waals surface area contributed by atoms with E-state index in [9.17, 15) is 4.79 Å². The van der Waals surface area contributed by atoms with Crippen LogP contribution in [0.3, 0.4) is 0 Å². The van der Waals surface area contributed by atoms with Crippen LogP contribution in [0, 0.1) is 5.92 Å². The van der Waals surface area contributed by atoms with Crippen LogP contribution in [0.5, 0.6) is 5.75 Å². The number of nitrogens with zero attached hydrogens (tertiary/aromatic N) is 2. The highest BCUT2D eigenvalue weighted by Crippen LogP contribution is 2.60. The molecule has 1 fully saturated rings. The Balaban J connectivity index is 1.74. The second kappa shape index (κ2) is 5.69. The summed E-state index contributed by atoms with van der Waals surface area (Å²) < 4.78 is 5.77. The molecule has 4 rings (SSSR count). The van der Waals surface area contributed by atoms with Crippen LogP contribution < -0.4 is 15.4 Å². The molecule has 3 atom stereocenters. The molecule has 124 valence electrons. The smallest absolute Gasteiger partial charge is 0.320 e. The molecule has 1 aliphatic heterocycles. The molecule has 0 radical (unpaired) electrons. The van der Waals surface area contributed by atoms with Gasteiger partial charge in [-0.25, -0.2) is 9.78 Å². The molecular formula is C16H12Cl3N3O2. The number of hydrogen-bond acceptors (Lipinski definition) is 3. The fraction of sp³-hybridized carbons (Fsp3) is 0.250. The SMILES string of the molecule is NC(=O)N(c1ccc(Cl)cn1)C1C2COc3c(Cl)ccc(Cl)c3C21. The second-order valence-electron chi connectivity index (χ2n) is 5.81. The summed E-state index contributed by atoms with van der Waals surface area (Å²) in [4.78, 5) is 17.7. The number of carbonyl (C=O) groups is 1. The van der Waals surface area contributed by atoms with Crippen LogP contribution in [-0.2, 0) is 0 Å². The number of aromatic nitrogens is 1. The number of rotatable bonds is 2. The third-order valence-electron chi connectivity index (χ3n) is 4.47. The van der Waals surface area contributed by atoms with Gasteiger partial charge in [0.25, 0.3) is 0 Å². The first-order valence-electron chi connectivity index (χ1n) is 7.30. The maximum Gasteiger partial charge on any atom is 0.320 e. The number of fused-ring (bicyclic) bond motifs is 3. The molecule has 2 amide bonds. The normalized spacial score (nSPS) is 23.7. The summed E-state index contributed by atoms with van der Waals surface area (Å²) in [5.41, 5.74) is 6.43. The molecule has 8 heteroatoms. The number of hydrogen-bond donors (Lipinski definition) is 1.